The molecule has 2 bridgehead atoms. The lowest BCUT2D eigenvalue weighted by Crippen LogP contribution is -2.51. The average molecular weight is 518 g/mol. The Hall–Kier alpha value is -4.46. The molecule has 3 aliphatic rings. The maximum absolute atomic E-state index is 14.4. The molecule has 7 rings (SSSR count). The highest BCUT2D eigenvalue weighted by Crippen LogP contribution is 2.55. The summed E-state index contributed by atoms with van der Waals surface area (Å²) in [5.41, 5.74) is 1.38. The van der Waals surface area contributed by atoms with Gasteiger partial charge >= 0.3 is 11.9 Å². The van der Waals surface area contributed by atoms with Crippen LogP contribution in [-0.2, 0) is 9.47 Å². The van der Waals surface area contributed by atoms with Crippen LogP contribution in [0.3, 0.4) is 0 Å². The lowest BCUT2D eigenvalue weighted by molar-refractivity contribution is -0.0559. The Balaban J connectivity index is 1.52. The first-order valence-corrected chi connectivity index (χ1v) is 11.8. The SMILES string of the molecule is O=C(OC1C2c3cc(F)c(F)cc3C(c3cc(F)c(F)cc32)C1OC(=O)c1ccccc1)c1ccccc1. The molecular formula is C30H18F4O4. The predicted molar refractivity (Wildman–Crippen MR) is 128 cm³/mol. The van der Waals surface area contributed by atoms with E-state index in [1.165, 1.54) is 24.3 Å². The largest absolute Gasteiger partial charge is 0.454 e. The average Bonchev–Trinajstić information content (AvgIpc) is 2.92. The van der Waals surface area contributed by atoms with Gasteiger partial charge in [0.2, 0.25) is 0 Å². The first kappa shape index (κ1) is 23.9. The molecule has 0 aromatic heterocycles. The number of hydrogen-bond donors (Lipinski definition) is 0. The third-order valence-corrected chi connectivity index (χ3v) is 7.08. The lowest BCUT2D eigenvalue weighted by atomic mass is 9.60. The maximum Gasteiger partial charge on any atom is 0.338 e. The van der Waals surface area contributed by atoms with E-state index in [0.717, 1.165) is 24.3 Å². The Bertz CT molecular complexity index is 1400. The van der Waals surface area contributed by atoms with Gasteiger partial charge in [-0.15, -0.1) is 0 Å². The van der Waals surface area contributed by atoms with E-state index >= 15 is 0 Å². The molecule has 190 valence electrons. The van der Waals surface area contributed by atoms with E-state index in [1.54, 1.807) is 36.4 Å². The van der Waals surface area contributed by atoms with Crippen molar-refractivity contribution < 1.29 is 36.6 Å². The van der Waals surface area contributed by atoms with E-state index in [2.05, 4.69) is 0 Å². The van der Waals surface area contributed by atoms with Gasteiger partial charge in [0.15, 0.2) is 35.5 Å². The van der Waals surface area contributed by atoms with Gasteiger partial charge in [-0.3, -0.25) is 0 Å². The topological polar surface area (TPSA) is 52.6 Å². The molecule has 0 radical (unpaired) electrons. The van der Waals surface area contributed by atoms with Crippen molar-refractivity contribution in [2.24, 2.45) is 0 Å². The van der Waals surface area contributed by atoms with E-state index in [4.69, 9.17) is 9.47 Å². The molecule has 8 heteroatoms. The highest BCUT2D eigenvalue weighted by molar-refractivity contribution is 5.90. The summed E-state index contributed by atoms with van der Waals surface area (Å²) in [6.45, 7) is 0. The maximum atomic E-state index is 14.4. The number of carbonyl (C=O) groups is 2. The van der Waals surface area contributed by atoms with Crippen molar-refractivity contribution >= 4 is 11.9 Å². The zero-order valence-electron chi connectivity index (χ0n) is 19.5. The number of esters is 2. The van der Waals surface area contributed by atoms with Gasteiger partial charge in [0.05, 0.1) is 23.0 Å². The molecule has 0 saturated carbocycles. The van der Waals surface area contributed by atoms with Crippen molar-refractivity contribution in [1.82, 2.24) is 0 Å². The van der Waals surface area contributed by atoms with Crippen molar-refractivity contribution in [3.8, 4) is 0 Å². The van der Waals surface area contributed by atoms with E-state index in [1.807, 2.05) is 0 Å². The van der Waals surface area contributed by atoms with Gasteiger partial charge in [-0.05, 0) is 70.8 Å². The molecule has 2 unspecified atom stereocenters. The zero-order valence-corrected chi connectivity index (χ0v) is 19.5. The predicted octanol–water partition coefficient (Wildman–Crippen LogP) is 6.29. The van der Waals surface area contributed by atoms with Crippen LogP contribution in [0.2, 0.25) is 0 Å². The number of benzene rings is 4. The number of carbonyl (C=O) groups excluding carboxylic acids is 2. The smallest absolute Gasteiger partial charge is 0.338 e. The molecule has 4 nitrogen and oxygen atoms in total. The molecule has 0 aliphatic heterocycles. The third-order valence-electron chi connectivity index (χ3n) is 7.08. The Morgan fingerprint density at radius 2 is 0.789 bits per heavy atom. The number of ether oxygens (including phenoxy) is 2. The summed E-state index contributed by atoms with van der Waals surface area (Å²) in [7, 11) is 0. The van der Waals surface area contributed by atoms with Crippen molar-refractivity contribution in [3.05, 3.63) is 142 Å². The van der Waals surface area contributed by atoms with Gasteiger partial charge in [-0.25, -0.2) is 27.2 Å². The summed E-state index contributed by atoms with van der Waals surface area (Å²) < 4.78 is 69.5. The first-order valence-electron chi connectivity index (χ1n) is 11.8. The minimum absolute atomic E-state index is 0.207. The fraction of sp³-hybridized carbons (Fsp3) is 0.133. The van der Waals surface area contributed by atoms with E-state index in [0.29, 0.717) is 0 Å². The molecule has 0 fully saturated rings. The Kier molecular flexibility index (Phi) is 5.75. The summed E-state index contributed by atoms with van der Waals surface area (Å²) in [6.07, 6.45) is -2.48. The number of halogens is 4. The standard InChI is InChI=1S/C30H18F4O4/c31-21-11-17-19(13-23(21)33)26-20-14-24(34)22(32)12-18(20)25(17)27(37-29(35)15-7-3-1-4-8-15)28(26)38-30(36)16-9-5-2-6-10-16/h1-14,25-28H. The van der Waals surface area contributed by atoms with Crippen molar-refractivity contribution in [2.75, 3.05) is 0 Å². The van der Waals surface area contributed by atoms with Crippen LogP contribution in [0.25, 0.3) is 0 Å². The fourth-order valence-electron chi connectivity index (χ4n) is 5.46. The van der Waals surface area contributed by atoms with Gasteiger partial charge < -0.3 is 9.47 Å². The molecule has 0 spiro atoms. The number of rotatable bonds is 4. The zero-order chi connectivity index (χ0) is 26.6. The molecule has 4 aromatic rings. The summed E-state index contributed by atoms with van der Waals surface area (Å²) in [5, 5.41) is 0. The lowest BCUT2D eigenvalue weighted by Gasteiger charge is -2.49. The summed E-state index contributed by atoms with van der Waals surface area (Å²) in [4.78, 5) is 26.3. The van der Waals surface area contributed by atoms with Crippen molar-refractivity contribution in [3.63, 3.8) is 0 Å². The van der Waals surface area contributed by atoms with E-state index in [9.17, 15) is 27.2 Å². The first-order chi connectivity index (χ1) is 18.3. The second kappa shape index (κ2) is 9.13. The Labute approximate surface area is 214 Å². The molecule has 4 aromatic carbocycles. The van der Waals surface area contributed by atoms with Crippen LogP contribution in [0.4, 0.5) is 17.6 Å². The third kappa shape index (κ3) is 3.84. The van der Waals surface area contributed by atoms with Gasteiger partial charge in [-0.1, -0.05) is 36.4 Å². The molecule has 38 heavy (non-hydrogen) atoms. The summed E-state index contributed by atoms with van der Waals surface area (Å²) >= 11 is 0. The monoisotopic (exact) mass is 518 g/mol. The van der Waals surface area contributed by atoms with Crippen LogP contribution in [-0.4, -0.2) is 24.1 Å². The number of fused-ring (bicyclic) bond motifs is 1. The highest BCUT2D eigenvalue weighted by Gasteiger charge is 2.54. The molecule has 3 aliphatic carbocycles. The van der Waals surface area contributed by atoms with Crippen LogP contribution >= 0.6 is 0 Å². The van der Waals surface area contributed by atoms with Crippen LogP contribution < -0.4 is 0 Å². The second-order valence-electron chi connectivity index (χ2n) is 9.22. The highest BCUT2D eigenvalue weighted by atomic mass is 19.2. The van der Waals surface area contributed by atoms with Crippen LogP contribution in [0, 0.1) is 23.3 Å². The molecule has 0 saturated heterocycles. The number of hydrogen-bond acceptors (Lipinski definition) is 4. The molecule has 0 N–H and O–H groups in total. The summed E-state index contributed by atoms with van der Waals surface area (Å²) in [6, 6.07) is 19.9. The molecule has 0 heterocycles. The minimum atomic E-state index is -1.24. The van der Waals surface area contributed by atoms with E-state index in [-0.39, 0.29) is 33.4 Å². The van der Waals surface area contributed by atoms with Crippen molar-refractivity contribution in [2.45, 2.75) is 24.0 Å². The van der Waals surface area contributed by atoms with Gasteiger partial charge in [-0.2, -0.15) is 0 Å². The van der Waals surface area contributed by atoms with Crippen molar-refractivity contribution in [1.29, 1.82) is 0 Å². The second-order valence-corrected chi connectivity index (χ2v) is 9.22. The van der Waals surface area contributed by atoms with E-state index < -0.39 is 59.3 Å². The Morgan fingerprint density at radius 1 is 0.500 bits per heavy atom. The minimum Gasteiger partial charge on any atom is -0.454 e. The van der Waals surface area contributed by atoms with Crippen LogP contribution in [0.5, 0.6) is 0 Å². The quantitative estimate of drug-likeness (QED) is 0.236. The van der Waals surface area contributed by atoms with Gasteiger partial charge in [0.1, 0.15) is 0 Å². The fourth-order valence-corrected chi connectivity index (χ4v) is 5.46. The summed E-state index contributed by atoms with van der Waals surface area (Å²) in [5.74, 6) is -8.21. The molecule has 2 atom stereocenters. The molecular weight excluding hydrogens is 500 g/mol. The Morgan fingerprint density at radius 3 is 1.08 bits per heavy atom. The van der Waals surface area contributed by atoms with Crippen LogP contribution in [0.15, 0.2) is 84.9 Å². The van der Waals surface area contributed by atoms with Gasteiger partial charge in [0, 0.05) is 0 Å². The van der Waals surface area contributed by atoms with Gasteiger partial charge in [0.25, 0.3) is 0 Å². The normalized spacial score (nSPS) is 20.8. The molecule has 0 amide bonds. The van der Waals surface area contributed by atoms with Crippen LogP contribution in [0.1, 0.15) is 54.8 Å².